The van der Waals surface area contributed by atoms with Gasteiger partial charge in [-0.15, -0.1) is 0 Å². The monoisotopic (exact) mass is 296 g/mol. The van der Waals surface area contributed by atoms with Crippen LogP contribution in [0.25, 0.3) is 0 Å². The van der Waals surface area contributed by atoms with E-state index in [0.29, 0.717) is 12.5 Å². The van der Waals surface area contributed by atoms with E-state index in [1.165, 1.54) is 0 Å². The summed E-state index contributed by atoms with van der Waals surface area (Å²) < 4.78 is 2.07. The van der Waals surface area contributed by atoms with E-state index in [2.05, 4.69) is 44.6 Å². The van der Waals surface area contributed by atoms with Crippen LogP contribution in [0.2, 0.25) is 0 Å². The molecule has 0 amide bonds. The summed E-state index contributed by atoms with van der Waals surface area (Å²) in [4.78, 5) is 0. The Bertz CT molecular complexity index is 439. The molecule has 0 spiro atoms. The molecule has 3 nitrogen and oxygen atoms in total. The molecule has 2 rings (SSSR count). The molecule has 1 aromatic rings. The second-order valence-electron chi connectivity index (χ2n) is 6.65. The van der Waals surface area contributed by atoms with Gasteiger partial charge in [0, 0.05) is 18.4 Å². The summed E-state index contributed by atoms with van der Waals surface area (Å²) in [7, 11) is 0. The standard InChI is InChI=1S/C16H28N2OS/c1-5-14(6-2)18-9-7-13(17-18)11-16(19)12-20-10-8-15(16,3)4/h7,9,14,19H,5-6,8,10-12H2,1-4H3. The third-order valence-corrected chi connectivity index (χ3v) is 6.10. The molecule has 0 saturated carbocycles. The first-order chi connectivity index (χ1) is 9.42. The van der Waals surface area contributed by atoms with Crippen molar-refractivity contribution in [2.75, 3.05) is 11.5 Å². The largest absolute Gasteiger partial charge is 0.388 e. The van der Waals surface area contributed by atoms with Gasteiger partial charge in [-0.2, -0.15) is 16.9 Å². The van der Waals surface area contributed by atoms with Crippen molar-refractivity contribution in [3.05, 3.63) is 18.0 Å². The molecule has 4 heteroatoms. The van der Waals surface area contributed by atoms with E-state index in [1.807, 2.05) is 11.8 Å². The van der Waals surface area contributed by atoms with Gasteiger partial charge in [-0.1, -0.05) is 27.7 Å². The van der Waals surface area contributed by atoms with Crippen molar-refractivity contribution in [3.8, 4) is 0 Å². The first kappa shape index (κ1) is 15.9. The zero-order valence-electron chi connectivity index (χ0n) is 13.2. The van der Waals surface area contributed by atoms with Crippen LogP contribution in [0.3, 0.4) is 0 Å². The van der Waals surface area contributed by atoms with Crippen molar-refractivity contribution in [1.29, 1.82) is 0 Å². The molecule has 1 atom stereocenters. The Morgan fingerprint density at radius 1 is 1.40 bits per heavy atom. The van der Waals surface area contributed by atoms with Crippen LogP contribution in [0.1, 0.15) is 58.7 Å². The highest BCUT2D eigenvalue weighted by molar-refractivity contribution is 7.99. The first-order valence-electron chi connectivity index (χ1n) is 7.76. The maximum absolute atomic E-state index is 11.0. The Morgan fingerprint density at radius 2 is 2.10 bits per heavy atom. The van der Waals surface area contributed by atoms with Crippen LogP contribution >= 0.6 is 11.8 Å². The average Bonchev–Trinajstić information content (AvgIpc) is 2.83. The number of aliphatic hydroxyl groups is 1. The molecule has 2 heterocycles. The predicted octanol–water partition coefficient (Wildman–Crippen LogP) is 3.68. The van der Waals surface area contributed by atoms with Crippen molar-refractivity contribution < 1.29 is 5.11 Å². The molecular weight excluding hydrogens is 268 g/mol. The molecule has 0 aromatic carbocycles. The minimum Gasteiger partial charge on any atom is -0.388 e. The van der Waals surface area contributed by atoms with Gasteiger partial charge in [0.1, 0.15) is 0 Å². The number of nitrogens with zero attached hydrogens (tertiary/aromatic N) is 2. The Morgan fingerprint density at radius 3 is 2.70 bits per heavy atom. The molecule has 1 unspecified atom stereocenters. The van der Waals surface area contributed by atoms with Gasteiger partial charge in [-0.3, -0.25) is 4.68 Å². The average molecular weight is 296 g/mol. The lowest BCUT2D eigenvalue weighted by Gasteiger charge is -2.46. The molecular formula is C16H28N2OS. The number of aromatic nitrogens is 2. The molecule has 114 valence electrons. The lowest BCUT2D eigenvalue weighted by molar-refractivity contribution is -0.0520. The van der Waals surface area contributed by atoms with E-state index < -0.39 is 5.60 Å². The number of hydrogen-bond acceptors (Lipinski definition) is 3. The van der Waals surface area contributed by atoms with Gasteiger partial charge >= 0.3 is 0 Å². The summed E-state index contributed by atoms with van der Waals surface area (Å²) in [5, 5.41) is 15.7. The first-order valence-corrected chi connectivity index (χ1v) is 8.91. The van der Waals surface area contributed by atoms with Gasteiger partial charge < -0.3 is 5.11 Å². The second kappa shape index (κ2) is 6.10. The highest BCUT2D eigenvalue weighted by Crippen LogP contribution is 2.43. The highest BCUT2D eigenvalue weighted by atomic mass is 32.2. The van der Waals surface area contributed by atoms with Crippen LogP contribution in [0.5, 0.6) is 0 Å². The lowest BCUT2D eigenvalue weighted by Crippen LogP contribution is -2.51. The number of thioether (sulfide) groups is 1. The van der Waals surface area contributed by atoms with Crippen LogP contribution in [0, 0.1) is 5.41 Å². The summed E-state index contributed by atoms with van der Waals surface area (Å²) in [6.45, 7) is 8.77. The highest BCUT2D eigenvalue weighted by Gasteiger charge is 2.45. The molecule has 1 fully saturated rings. The lowest BCUT2D eigenvalue weighted by atomic mass is 9.71. The van der Waals surface area contributed by atoms with Crippen LogP contribution in [-0.2, 0) is 6.42 Å². The normalized spacial score (nSPS) is 26.1. The van der Waals surface area contributed by atoms with Crippen LogP contribution in [0.15, 0.2) is 12.3 Å². The Balaban J connectivity index is 2.13. The predicted molar refractivity (Wildman–Crippen MR) is 86.2 cm³/mol. The zero-order chi connectivity index (χ0) is 14.8. The Labute approximate surface area is 127 Å². The van der Waals surface area contributed by atoms with Gasteiger partial charge in [-0.05, 0) is 36.5 Å². The summed E-state index contributed by atoms with van der Waals surface area (Å²) in [6, 6.07) is 2.55. The molecule has 0 bridgehead atoms. The molecule has 1 aliphatic rings. The molecule has 0 aliphatic carbocycles. The fourth-order valence-corrected chi connectivity index (χ4v) is 4.55. The van der Waals surface area contributed by atoms with Gasteiger partial charge in [0.15, 0.2) is 0 Å². The van der Waals surface area contributed by atoms with E-state index in [4.69, 9.17) is 5.10 Å². The SMILES string of the molecule is CCC(CC)n1ccc(CC2(O)CSCCC2(C)C)n1. The molecule has 20 heavy (non-hydrogen) atoms. The van der Waals surface area contributed by atoms with Crippen LogP contribution in [-0.4, -0.2) is 32.0 Å². The van der Waals surface area contributed by atoms with Gasteiger partial charge in [0.2, 0.25) is 0 Å². The fraction of sp³-hybridized carbons (Fsp3) is 0.812. The maximum atomic E-state index is 11.0. The topological polar surface area (TPSA) is 38.0 Å². The van der Waals surface area contributed by atoms with Crippen molar-refractivity contribution in [2.45, 2.75) is 65.0 Å². The summed E-state index contributed by atoms with van der Waals surface area (Å²) in [6.07, 6.45) is 6.01. The van der Waals surface area contributed by atoms with Gasteiger partial charge in [0.25, 0.3) is 0 Å². The van der Waals surface area contributed by atoms with Gasteiger partial charge in [0.05, 0.1) is 17.3 Å². The van der Waals surface area contributed by atoms with Gasteiger partial charge in [-0.25, -0.2) is 0 Å². The minimum atomic E-state index is -0.636. The maximum Gasteiger partial charge on any atom is 0.0844 e. The number of hydrogen-bond donors (Lipinski definition) is 1. The van der Waals surface area contributed by atoms with Crippen molar-refractivity contribution in [2.24, 2.45) is 5.41 Å². The van der Waals surface area contributed by atoms with Crippen molar-refractivity contribution in [3.63, 3.8) is 0 Å². The fourth-order valence-electron chi connectivity index (χ4n) is 2.92. The molecule has 1 saturated heterocycles. The van der Waals surface area contributed by atoms with Crippen molar-refractivity contribution >= 4 is 11.8 Å². The Kier molecular flexibility index (Phi) is 4.85. The molecule has 1 aliphatic heterocycles. The van der Waals surface area contributed by atoms with Crippen molar-refractivity contribution in [1.82, 2.24) is 9.78 Å². The smallest absolute Gasteiger partial charge is 0.0844 e. The van der Waals surface area contributed by atoms with E-state index in [0.717, 1.165) is 36.5 Å². The molecule has 0 radical (unpaired) electrons. The van der Waals surface area contributed by atoms with E-state index in [9.17, 15) is 5.11 Å². The third-order valence-electron chi connectivity index (χ3n) is 4.93. The zero-order valence-corrected chi connectivity index (χ0v) is 14.0. The van der Waals surface area contributed by atoms with Crippen LogP contribution in [0.4, 0.5) is 0 Å². The van der Waals surface area contributed by atoms with E-state index in [1.54, 1.807) is 0 Å². The Hall–Kier alpha value is -0.480. The third kappa shape index (κ3) is 3.06. The summed E-state index contributed by atoms with van der Waals surface area (Å²) in [5.74, 6) is 1.97. The minimum absolute atomic E-state index is 0.0308. The van der Waals surface area contributed by atoms with Crippen LogP contribution < -0.4 is 0 Å². The second-order valence-corrected chi connectivity index (χ2v) is 7.76. The quantitative estimate of drug-likeness (QED) is 0.900. The molecule has 1 aromatic heterocycles. The number of rotatable bonds is 5. The summed E-state index contributed by atoms with van der Waals surface area (Å²) in [5.41, 5.74) is 0.356. The van der Waals surface area contributed by atoms with E-state index in [-0.39, 0.29) is 5.41 Å². The van der Waals surface area contributed by atoms with E-state index >= 15 is 0 Å². The summed E-state index contributed by atoms with van der Waals surface area (Å²) >= 11 is 1.86. The molecule has 1 N–H and O–H groups in total.